The Hall–Kier alpha value is -1.45. The Morgan fingerprint density at radius 3 is 2.80 bits per heavy atom. The van der Waals surface area contributed by atoms with Gasteiger partial charge in [0.25, 0.3) is 0 Å². The number of pyridine rings is 1. The predicted molar refractivity (Wildman–Crippen MR) is 52.3 cm³/mol. The van der Waals surface area contributed by atoms with E-state index in [4.69, 9.17) is 5.26 Å². The summed E-state index contributed by atoms with van der Waals surface area (Å²) in [6.07, 6.45) is 4.33. The molecule has 1 fully saturated rings. The van der Waals surface area contributed by atoms with Crippen LogP contribution in [0.25, 0.3) is 0 Å². The molecule has 1 aromatic heterocycles. The minimum atomic E-state index is -3.49. The molecule has 1 aliphatic carbocycles. The van der Waals surface area contributed by atoms with Crippen LogP contribution in [-0.4, -0.2) is 19.4 Å². The number of nitrogens with zero attached hydrogens (tertiary/aromatic N) is 2. The number of nitriles is 1. The van der Waals surface area contributed by atoms with Gasteiger partial charge in [0.05, 0.1) is 5.56 Å². The molecule has 6 heteroatoms. The average Bonchev–Trinajstić information content (AvgIpc) is 3.01. The molecule has 0 atom stereocenters. The molecule has 0 amide bonds. The molecule has 15 heavy (non-hydrogen) atoms. The smallest absolute Gasteiger partial charge is 0.242 e. The Labute approximate surface area is 87.8 Å². The topological polar surface area (TPSA) is 82.8 Å². The van der Waals surface area contributed by atoms with Crippen molar-refractivity contribution in [3.8, 4) is 6.07 Å². The lowest BCUT2D eigenvalue weighted by Gasteiger charge is -2.04. The Kier molecular flexibility index (Phi) is 2.42. The first-order chi connectivity index (χ1) is 7.12. The van der Waals surface area contributed by atoms with Gasteiger partial charge >= 0.3 is 0 Å². The summed E-state index contributed by atoms with van der Waals surface area (Å²) in [5, 5.41) is 8.62. The van der Waals surface area contributed by atoms with Crippen LogP contribution < -0.4 is 4.72 Å². The summed E-state index contributed by atoms with van der Waals surface area (Å²) in [5.74, 6) is 0. The van der Waals surface area contributed by atoms with Gasteiger partial charge in [-0.3, -0.25) is 4.98 Å². The van der Waals surface area contributed by atoms with Crippen LogP contribution in [0.5, 0.6) is 0 Å². The number of hydrogen-bond donors (Lipinski definition) is 1. The van der Waals surface area contributed by atoms with Gasteiger partial charge in [0.1, 0.15) is 11.0 Å². The Morgan fingerprint density at radius 1 is 1.47 bits per heavy atom. The van der Waals surface area contributed by atoms with Crippen molar-refractivity contribution in [2.45, 2.75) is 23.8 Å². The van der Waals surface area contributed by atoms with Gasteiger partial charge in [-0.1, -0.05) is 0 Å². The standard InChI is InChI=1S/C9H9N3O2S/c10-4-7-3-9(6-11-5-7)15(13,14)12-8-1-2-8/h3,5-6,8,12H,1-2H2. The summed E-state index contributed by atoms with van der Waals surface area (Å²) in [6.45, 7) is 0. The normalized spacial score (nSPS) is 15.9. The number of sulfonamides is 1. The van der Waals surface area contributed by atoms with Crippen molar-refractivity contribution < 1.29 is 8.42 Å². The van der Waals surface area contributed by atoms with E-state index in [0.717, 1.165) is 12.8 Å². The second-order valence-electron chi connectivity index (χ2n) is 3.42. The number of nitrogens with one attached hydrogen (secondary N) is 1. The molecule has 0 radical (unpaired) electrons. The highest BCUT2D eigenvalue weighted by molar-refractivity contribution is 7.89. The summed E-state index contributed by atoms with van der Waals surface area (Å²) in [7, 11) is -3.49. The molecule has 0 aliphatic heterocycles. The van der Waals surface area contributed by atoms with E-state index in [1.165, 1.54) is 18.5 Å². The van der Waals surface area contributed by atoms with E-state index in [9.17, 15) is 8.42 Å². The van der Waals surface area contributed by atoms with Crippen molar-refractivity contribution in [1.82, 2.24) is 9.71 Å². The van der Waals surface area contributed by atoms with E-state index in [1.807, 2.05) is 6.07 Å². The molecule has 0 spiro atoms. The second-order valence-corrected chi connectivity index (χ2v) is 5.13. The third kappa shape index (κ3) is 2.32. The zero-order valence-corrected chi connectivity index (χ0v) is 8.66. The van der Waals surface area contributed by atoms with Crippen LogP contribution in [0.3, 0.4) is 0 Å². The molecule has 78 valence electrons. The molecule has 1 aromatic rings. The van der Waals surface area contributed by atoms with Crippen LogP contribution in [0.2, 0.25) is 0 Å². The van der Waals surface area contributed by atoms with Crippen molar-refractivity contribution in [2.75, 3.05) is 0 Å². The molecule has 1 N–H and O–H groups in total. The molecular formula is C9H9N3O2S. The lowest BCUT2D eigenvalue weighted by molar-refractivity contribution is 0.580. The minimum Gasteiger partial charge on any atom is -0.262 e. The van der Waals surface area contributed by atoms with Crippen molar-refractivity contribution >= 4 is 10.0 Å². The maximum absolute atomic E-state index is 11.7. The Balaban J connectivity index is 2.31. The van der Waals surface area contributed by atoms with Crippen LogP contribution in [-0.2, 0) is 10.0 Å². The van der Waals surface area contributed by atoms with Gasteiger partial charge in [-0.25, -0.2) is 13.1 Å². The molecule has 5 nitrogen and oxygen atoms in total. The van der Waals surface area contributed by atoms with Gasteiger partial charge in [-0.15, -0.1) is 0 Å². The Bertz CT molecular complexity index is 514. The highest BCUT2D eigenvalue weighted by atomic mass is 32.2. The molecule has 0 aromatic carbocycles. The fourth-order valence-corrected chi connectivity index (χ4v) is 2.41. The van der Waals surface area contributed by atoms with Gasteiger partial charge in [0, 0.05) is 18.4 Å². The van der Waals surface area contributed by atoms with Gasteiger partial charge in [0.2, 0.25) is 10.0 Å². The van der Waals surface area contributed by atoms with Crippen LogP contribution in [0.1, 0.15) is 18.4 Å². The molecule has 0 unspecified atom stereocenters. The number of hydrogen-bond acceptors (Lipinski definition) is 4. The first-order valence-electron chi connectivity index (χ1n) is 4.49. The first-order valence-corrected chi connectivity index (χ1v) is 5.97. The second kappa shape index (κ2) is 3.61. The average molecular weight is 223 g/mol. The van der Waals surface area contributed by atoms with E-state index in [0.29, 0.717) is 0 Å². The van der Waals surface area contributed by atoms with Crippen molar-refractivity contribution in [2.24, 2.45) is 0 Å². The van der Waals surface area contributed by atoms with Crippen molar-refractivity contribution in [3.05, 3.63) is 24.0 Å². The largest absolute Gasteiger partial charge is 0.262 e. The Morgan fingerprint density at radius 2 is 2.20 bits per heavy atom. The summed E-state index contributed by atoms with van der Waals surface area (Å²) >= 11 is 0. The van der Waals surface area contributed by atoms with Gasteiger partial charge < -0.3 is 0 Å². The van der Waals surface area contributed by atoms with Crippen LogP contribution in [0, 0.1) is 11.3 Å². The number of rotatable bonds is 3. The van der Waals surface area contributed by atoms with Crippen molar-refractivity contribution in [1.29, 1.82) is 5.26 Å². The highest BCUT2D eigenvalue weighted by Gasteiger charge is 2.28. The zero-order valence-electron chi connectivity index (χ0n) is 7.84. The minimum absolute atomic E-state index is 0.0495. The SMILES string of the molecule is N#Cc1cncc(S(=O)(=O)NC2CC2)c1. The van der Waals surface area contributed by atoms with E-state index in [1.54, 1.807) is 0 Å². The van der Waals surface area contributed by atoms with E-state index >= 15 is 0 Å². The fourth-order valence-electron chi connectivity index (χ4n) is 1.12. The van der Waals surface area contributed by atoms with Crippen LogP contribution >= 0.6 is 0 Å². The summed E-state index contributed by atoms with van der Waals surface area (Å²) in [6, 6.07) is 3.23. The highest BCUT2D eigenvalue weighted by Crippen LogP contribution is 2.22. The first kappa shape index (κ1) is 10.1. The van der Waals surface area contributed by atoms with Gasteiger partial charge in [0.15, 0.2) is 0 Å². The summed E-state index contributed by atoms with van der Waals surface area (Å²) < 4.78 is 25.9. The van der Waals surface area contributed by atoms with Gasteiger partial charge in [-0.2, -0.15) is 5.26 Å². The number of aromatic nitrogens is 1. The lowest BCUT2D eigenvalue weighted by Crippen LogP contribution is -2.25. The lowest BCUT2D eigenvalue weighted by atomic mass is 10.3. The maximum atomic E-state index is 11.7. The van der Waals surface area contributed by atoms with E-state index < -0.39 is 10.0 Å². The molecule has 0 saturated heterocycles. The molecule has 1 heterocycles. The summed E-state index contributed by atoms with van der Waals surface area (Å²) in [5.41, 5.74) is 0.244. The summed E-state index contributed by atoms with van der Waals surface area (Å²) in [4.78, 5) is 3.76. The zero-order chi connectivity index (χ0) is 10.9. The molecule has 1 saturated carbocycles. The molecule has 1 aliphatic rings. The maximum Gasteiger partial charge on any atom is 0.242 e. The molecule has 2 rings (SSSR count). The van der Waals surface area contributed by atoms with Crippen molar-refractivity contribution in [3.63, 3.8) is 0 Å². The quantitative estimate of drug-likeness (QED) is 0.803. The van der Waals surface area contributed by atoms with E-state index in [-0.39, 0.29) is 16.5 Å². The third-order valence-electron chi connectivity index (χ3n) is 2.05. The third-order valence-corrected chi connectivity index (χ3v) is 3.54. The monoisotopic (exact) mass is 223 g/mol. The molecular weight excluding hydrogens is 214 g/mol. The predicted octanol–water partition coefficient (Wildman–Crippen LogP) is 0.394. The van der Waals surface area contributed by atoms with Gasteiger partial charge in [-0.05, 0) is 18.9 Å². The fraction of sp³-hybridized carbons (Fsp3) is 0.333. The van der Waals surface area contributed by atoms with Crippen LogP contribution in [0.15, 0.2) is 23.4 Å². The molecule has 0 bridgehead atoms. The van der Waals surface area contributed by atoms with E-state index in [2.05, 4.69) is 9.71 Å². The van der Waals surface area contributed by atoms with Crippen LogP contribution in [0.4, 0.5) is 0 Å².